The Bertz CT molecular complexity index is 408. The lowest BCUT2D eigenvalue weighted by Gasteiger charge is -2.23. The maximum Gasteiger partial charge on any atom is 0.226 e. The van der Waals surface area contributed by atoms with Gasteiger partial charge in [-0.3, -0.25) is 4.79 Å². The number of hydrogen-bond donors (Lipinski definition) is 2. The van der Waals surface area contributed by atoms with Crippen LogP contribution in [0.4, 0.5) is 11.4 Å². The molecule has 0 aliphatic carbocycles. The first-order chi connectivity index (χ1) is 7.72. The number of rotatable bonds is 2. The predicted molar refractivity (Wildman–Crippen MR) is 68.7 cm³/mol. The molecule has 0 bridgehead atoms. The van der Waals surface area contributed by atoms with Crippen molar-refractivity contribution in [1.29, 1.82) is 0 Å². The van der Waals surface area contributed by atoms with Crippen molar-refractivity contribution in [2.45, 2.75) is 6.42 Å². The fraction of sp³-hybridized carbons (Fsp3) is 0.364. The number of nitrogens with two attached hydrogens (primary N) is 1. The van der Waals surface area contributed by atoms with Crippen LogP contribution in [0.5, 0.6) is 0 Å². The molecule has 0 atom stereocenters. The third kappa shape index (κ3) is 2.20. The van der Waals surface area contributed by atoms with Crippen LogP contribution >= 0.6 is 15.9 Å². The van der Waals surface area contributed by atoms with Gasteiger partial charge in [0.2, 0.25) is 5.91 Å². The molecule has 2 rings (SSSR count). The first-order valence-corrected chi connectivity index (χ1v) is 6.05. The molecule has 0 radical (unpaired) electrons. The number of benzene rings is 1. The van der Waals surface area contributed by atoms with Gasteiger partial charge in [0.1, 0.15) is 0 Å². The summed E-state index contributed by atoms with van der Waals surface area (Å²) in [6.45, 7) is 2.06. The number of carbonyl (C=O) groups is 1. The second kappa shape index (κ2) is 4.84. The van der Waals surface area contributed by atoms with E-state index in [1.165, 1.54) is 0 Å². The van der Waals surface area contributed by atoms with Gasteiger partial charge in [-0.25, -0.2) is 0 Å². The van der Waals surface area contributed by atoms with Crippen LogP contribution in [-0.2, 0) is 4.79 Å². The van der Waals surface area contributed by atoms with Gasteiger partial charge in [0, 0.05) is 30.5 Å². The number of anilines is 2. The van der Waals surface area contributed by atoms with E-state index in [0.717, 1.165) is 22.4 Å². The smallest absolute Gasteiger partial charge is 0.226 e. The molecule has 0 spiro atoms. The number of hydrogen-bond acceptors (Lipinski definition) is 3. The Morgan fingerprint density at radius 2 is 2.31 bits per heavy atom. The van der Waals surface area contributed by atoms with Crippen LogP contribution < -0.4 is 16.0 Å². The standard InChI is InChI=1S/C11H14BrN3O/c12-8-2-1-3-9-11(8)14-10(16)4-6-15(9)7-5-13/h1-3H,4-7,13H2,(H,14,16). The average molecular weight is 284 g/mol. The summed E-state index contributed by atoms with van der Waals surface area (Å²) in [5.74, 6) is 0.0488. The molecule has 5 heteroatoms. The molecule has 16 heavy (non-hydrogen) atoms. The first kappa shape index (κ1) is 11.4. The second-order valence-electron chi connectivity index (χ2n) is 3.71. The van der Waals surface area contributed by atoms with Crippen molar-refractivity contribution in [1.82, 2.24) is 0 Å². The Kier molecular flexibility index (Phi) is 3.46. The number of para-hydroxylation sites is 1. The highest BCUT2D eigenvalue weighted by Gasteiger charge is 2.19. The Balaban J connectivity index is 2.42. The Morgan fingerprint density at radius 3 is 3.06 bits per heavy atom. The summed E-state index contributed by atoms with van der Waals surface area (Å²) >= 11 is 3.45. The number of carbonyl (C=O) groups excluding carboxylic acids is 1. The molecule has 4 nitrogen and oxygen atoms in total. The van der Waals surface area contributed by atoms with E-state index in [0.29, 0.717) is 19.5 Å². The summed E-state index contributed by atoms with van der Waals surface area (Å²) in [5, 5.41) is 2.91. The van der Waals surface area contributed by atoms with E-state index in [-0.39, 0.29) is 5.91 Å². The van der Waals surface area contributed by atoms with E-state index in [9.17, 15) is 4.79 Å². The van der Waals surface area contributed by atoms with E-state index in [1.54, 1.807) is 0 Å². The van der Waals surface area contributed by atoms with Gasteiger partial charge in [-0.05, 0) is 28.1 Å². The third-order valence-corrected chi connectivity index (χ3v) is 3.27. The lowest BCUT2D eigenvalue weighted by atomic mass is 10.2. The number of nitrogens with one attached hydrogen (secondary N) is 1. The summed E-state index contributed by atoms with van der Waals surface area (Å²) in [7, 11) is 0. The predicted octanol–water partition coefficient (Wildman–Crippen LogP) is 1.56. The first-order valence-electron chi connectivity index (χ1n) is 5.25. The fourth-order valence-electron chi connectivity index (χ4n) is 1.85. The van der Waals surface area contributed by atoms with E-state index < -0.39 is 0 Å². The van der Waals surface area contributed by atoms with Crippen LogP contribution in [0.1, 0.15) is 6.42 Å². The number of halogens is 1. The molecule has 1 aromatic carbocycles. The molecule has 1 aliphatic heterocycles. The van der Waals surface area contributed by atoms with Gasteiger partial charge in [-0.2, -0.15) is 0 Å². The number of amides is 1. The molecular formula is C11H14BrN3O. The van der Waals surface area contributed by atoms with Crippen LogP contribution in [0.15, 0.2) is 22.7 Å². The lowest BCUT2D eigenvalue weighted by molar-refractivity contribution is -0.115. The third-order valence-electron chi connectivity index (χ3n) is 2.60. The van der Waals surface area contributed by atoms with Crippen molar-refractivity contribution >= 4 is 33.2 Å². The minimum absolute atomic E-state index is 0.0488. The van der Waals surface area contributed by atoms with E-state index in [2.05, 4.69) is 26.1 Å². The molecule has 86 valence electrons. The minimum atomic E-state index is 0.0488. The maximum atomic E-state index is 11.6. The zero-order chi connectivity index (χ0) is 11.5. The van der Waals surface area contributed by atoms with Crippen LogP contribution in [0.2, 0.25) is 0 Å². The van der Waals surface area contributed by atoms with E-state index >= 15 is 0 Å². The van der Waals surface area contributed by atoms with Gasteiger partial charge in [-0.1, -0.05) is 6.07 Å². The summed E-state index contributed by atoms with van der Waals surface area (Å²) in [6.07, 6.45) is 0.501. The van der Waals surface area contributed by atoms with Gasteiger partial charge in [0.05, 0.1) is 11.4 Å². The SMILES string of the molecule is NCCN1CCC(=O)Nc2c(Br)cccc21. The number of fused-ring (bicyclic) bond motifs is 1. The second-order valence-corrected chi connectivity index (χ2v) is 4.56. The zero-order valence-electron chi connectivity index (χ0n) is 8.87. The van der Waals surface area contributed by atoms with Crippen molar-refractivity contribution in [2.75, 3.05) is 29.9 Å². The zero-order valence-corrected chi connectivity index (χ0v) is 10.5. The topological polar surface area (TPSA) is 58.4 Å². The largest absolute Gasteiger partial charge is 0.368 e. The van der Waals surface area contributed by atoms with Crippen molar-refractivity contribution in [3.63, 3.8) is 0 Å². The van der Waals surface area contributed by atoms with Gasteiger partial charge in [-0.15, -0.1) is 0 Å². The molecule has 3 N–H and O–H groups in total. The van der Waals surface area contributed by atoms with Crippen LogP contribution in [0.3, 0.4) is 0 Å². The van der Waals surface area contributed by atoms with Gasteiger partial charge in [0.25, 0.3) is 0 Å². The summed E-state index contributed by atoms with van der Waals surface area (Å²) in [5.41, 5.74) is 7.46. The highest BCUT2D eigenvalue weighted by molar-refractivity contribution is 9.10. The number of nitrogens with zero attached hydrogens (tertiary/aromatic N) is 1. The maximum absolute atomic E-state index is 11.6. The quantitative estimate of drug-likeness (QED) is 0.866. The molecule has 0 unspecified atom stereocenters. The summed E-state index contributed by atoms with van der Waals surface area (Å²) in [6, 6.07) is 5.89. The molecule has 0 fully saturated rings. The molecule has 0 saturated heterocycles. The molecular weight excluding hydrogens is 270 g/mol. The van der Waals surface area contributed by atoms with Crippen LogP contribution in [0.25, 0.3) is 0 Å². The average Bonchev–Trinajstić information content (AvgIpc) is 2.41. The van der Waals surface area contributed by atoms with Gasteiger partial charge in [0.15, 0.2) is 0 Å². The molecule has 1 aliphatic rings. The van der Waals surface area contributed by atoms with Crippen LogP contribution in [0, 0.1) is 0 Å². The normalized spacial score (nSPS) is 15.4. The summed E-state index contributed by atoms with van der Waals surface area (Å²) < 4.78 is 0.905. The molecule has 0 saturated carbocycles. The Hall–Kier alpha value is -1.07. The van der Waals surface area contributed by atoms with Crippen molar-refractivity contribution in [2.24, 2.45) is 5.73 Å². The fourth-order valence-corrected chi connectivity index (χ4v) is 2.30. The molecule has 1 aromatic rings. The monoisotopic (exact) mass is 283 g/mol. The molecule has 1 heterocycles. The van der Waals surface area contributed by atoms with Gasteiger partial charge < -0.3 is 16.0 Å². The molecule has 1 amide bonds. The lowest BCUT2D eigenvalue weighted by Crippen LogP contribution is -2.30. The highest BCUT2D eigenvalue weighted by Crippen LogP contribution is 2.34. The van der Waals surface area contributed by atoms with Crippen molar-refractivity contribution in [3.8, 4) is 0 Å². The molecule has 0 aromatic heterocycles. The summed E-state index contributed by atoms with van der Waals surface area (Å²) in [4.78, 5) is 13.7. The highest BCUT2D eigenvalue weighted by atomic mass is 79.9. The Labute approximate surface area is 103 Å². The van der Waals surface area contributed by atoms with E-state index in [4.69, 9.17) is 5.73 Å². The van der Waals surface area contributed by atoms with Crippen molar-refractivity contribution < 1.29 is 4.79 Å². The Morgan fingerprint density at radius 1 is 1.50 bits per heavy atom. The van der Waals surface area contributed by atoms with Crippen LogP contribution in [-0.4, -0.2) is 25.5 Å². The minimum Gasteiger partial charge on any atom is -0.368 e. The van der Waals surface area contributed by atoms with Gasteiger partial charge >= 0.3 is 0 Å². The van der Waals surface area contributed by atoms with E-state index in [1.807, 2.05) is 18.2 Å². The van der Waals surface area contributed by atoms with Crippen molar-refractivity contribution in [3.05, 3.63) is 22.7 Å².